The molecule has 0 spiro atoms. The standard InChI is InChI=1S/C17H33NO2/c1-6-7-8-9-10-11-15(19)20-14-12-16(2,3)18-17(4,5)13-14/h14,18H,6-13H2,1-5H3. The average molecular weight is 283 g/mol. The van der Waals surface area contributed by atoms with E-state index in [9.17, 15) is 4.79 Å². The van der Waals surface area contributed by atoms with Gasteiger partial charge in [-0.2, -0.15) is 0 Å². The summed E-state index contributed by atoms with van der Waals surface area (Å²) in [7, 11) is 0. The van der Waals surface area contributed by atoms with E-state index in [1.54, 1.807) is 0 Å². The minimum atomic E-state index is -0.0139. The molecule has 1 aliphatic heterocycles. The normalized spacial score (nSPS) is 21.6. The van der Waals surface area contributed by atoms with Gasteiger partial charge in [0.1, 0.15) is 6.10 Å². The molecule has 0 amide bonds. The molecule has 1 fully saturated rings. The lowest BCUT2D eigenvalue weighted by molar-refractivity contribution is -0.153. The van der Waals surface area contributed by atoms with Crippen LogP contribution in [0.5, 0.6) is 0 Å². The summed E-state index contributed by atoms with van der Waals surface area (Å²) < 4.78 is 5.69. The minimum Gasteiger partial charge on any atom is -0.462 e. The maximum atomic E-state index is 11.9. The molecule has 0 unspecified atom stereocenters. The van der Waals surface area contributed by atoms with Crippen molar-refractivity contribution in [1.82, 2.24) is 5.32 Å². The van der Waals surface area contributed by atoms with Gasteiger partial charge in [0.2, 0.25) is 0 Å². The molecule has 3 heteroatoms. The highest BCUT2D eigenvalue weighted by Gasteiger charge is 2.39. The average Bonchev–Trinajstić information content (AvgIpc) is 2.24. The first kappa shape index (κ1) is 17.5. The Bertz CT molecular complexity index is 294. The van der Waals surface area contributed by atoms with Crippen LogP contribution in [0.1, 0.15) is 86.0 Å². The molecule has 0 bridgehead atoms. The molecule has 0 aromatic heterocycles. The summed E-state index contributed by atoms with van der Waals surface area (Å²) in [6.45, 7) is 10.9. The Morgan fingerprint density at radius 1 is 1.05 bits per heavy atom. The summed E-state index contributed by atoms with van der Waals surface area (Å²) in [4.78, 5) is 11.9. The number of ether oxygens (including phenoxy) is 1. The van der Waals surface area contributed by atoms with Gasteiger partial charge in [-0.3, -0.25) is 4.79 Å². The van der Waals surface area contributed by atoms with Crippen molar-refractivity contribution in [2.45, 2.75) is 103 Å². The molecule has 1 N–H and O–H groups in total. The van der Waals surface area contributed by atoms with Gasteiger partial charge in [-0.15, -0.1) is 0 Å². The third-order valence-corrected chi connectivity index (χ3v) is 3.94. The van der Waals surface area contributed by atoms with Crippen molar-refractivity contribution in [1.29, 1.82) is 0 Å². The van der Waals surface area contributed by atoms with Crippen LogP contribution in [0.15, 0.2) is 0 Å². The van der Waals surface area contributed by atoms with Gasteiger partial charge >= 0.3 is 5.97 Å². The fourth-order valence-electron chi connectivity index (χ4n) is 3.43. The highest BCUT2D eigenvalue weighted by Crippen LogP contribution is 2.30. The molecule has 0 radical (unpaired) electrons. The van der Waals surface area contributed by atoms with Gasteiger partial charge in [0, 0.05) is 30.3 Å². The van der Waals surface area contributed by atoms with Gasteiger partial charge in [-0.05, 0) is 34.1 Å². The maximum Gasteiger partial charge on any atom is 0.306 e. The van der Waals surface area contributed by atoms with Crippen LogP contribution in [0.2, 0.25) is 0 Å². The van der Waals surface area contributed by atoms with Crippen LogP contribution in [0.3, 0.4) is 0 Å². The minimum absolute atomic E-state index is 0.0139. The molecule has 1 heterocycles. The van der Waals surface area contributed by atoms with E-state index in [2.05, 4.69) is 39.9 Å². The molecule has 1 rings (SSSR count). The van der Waals surface area contributed by atoms with Crippen LogP contribution in [0, 0.1) is 0 Å². The van der Waals surface area contributed by atoms with E-state index in [1.165, 1.54) is 19.3 Å². The number of piperidine rings is 1. The zero-order valence-electron chi connectivity index (χ0n) is 14.1. The first-order valence-electron chi connectivity index (χ1n) is 8.23. The molecule has 1 aliphatic rings. The van der Waals surface area contributed by atoms with Gasteiger partial charge in [-0.1, -0.05) is 32.6 Å². The Balaban J connectivity index is 2.30. The van der Waals surface area contributed by atoms with Crippen molar-refractivity contribution >= 4 is 5.97 Å². The van der Waals surface area contributed by atoms with Gasteiger partial charge in [-0.25, -0.2) is 0 Å². The molecule has 20 heavy (non-hydrogen) atoms. The number of rotatable bonds is 7. The number of carbonyl (C=O) groups excluding carboxylic acids is 1. The zero-order chi connectivity index (χ0) is 15.2. The number of esters is 1. The Kier molecular flexibility index (Phi) is 6.50. The van der Waals surface area contributed by atoms with Crippen LogP contribution in [-0.4, -0.2) is 23.2 Å². The molecule has 3 nitrogen and oxygen atoms in total. The van der Waals surface area contributed by atoms with Crippen molar-refractivity contribution in [3.05, 3.63) is 0 Å². The lowest BCUT2D eigenvalue weighted by atomic mass is 9.81. The predicted octanol–water partition coefficient (Wildman–Crippen LogP) is 4.20. The second-order valence-electron chi connectivity index (χ2n) is 7.58. The fourth-order valence-corrected chi connectivity index (χ4v) is 3.43. The SMILES string of the molecule is CCCCCCCC(=O)OC1CC(C)(C)NC(C)(C)C1. The van der Waals surface area contributed by atoms with E-state index >= 15 is 0 Å². The van der Waals surface area contributed by atoms with Crippen LogP contribution in [0.25, 0.3) is 0 Å². The van der Waals surface area contributed by atoms with Gasteiger partial charge in [0.25, 0.3) is 0 Å². The number of nitrogens with one attached hydrogen (secondary N) is 1. The third-order valence-electron chi connectivity index (χ3n) is 3.94. The first-order chi connectivity index (χ1) is 9.24. The number of hydrogen-bond donors (Lipinski definition) is 1. The van der Waals surface area contributed by atoms with Crippen molar-refractivity contribution < 1.29 is 9.53 Å². The van der Waals surface area contributed by atoms with Crippen molar-refractivity contribution in [2.24, 2.45) is 0 Å². The molecule has 0 aromatic rings. The summed E-state index contributed by atoms with van der Waals surface area (Å²) in [6, 6.07) is 0. The molecular formula is C17H33NO2. The molecule has 1 saturated heterocycles. The van der Waals surface area contributed by atoms with Crippen LogP contribution < -0.4 is 5.32 Å². The highest BCUT2D eigenvalue weighted by atomic mass is 16.5. The van der Waals surface area contributed by atoms with Crippen molar-refractivity contribution in [2.75, 3.05) is 0 Å². The topological polar surface area (TPSA) is 38.3 Å². The van der Waals surface area contributed by atoms with E-state index in [1.807, 2.05) is 0 Å². The van der Waals surface area contributed by atoms with Crippen molar-refractivity contribution in [3.63, 3.8) is 0 Å². The Hall–Kier alpha value is -0.570. The van der Waals surface area contributed by atoms with E-state index in [-0.39, 0.29) is 23.2 Å². The Labute approximate surface area is 124 Å². The second-order valence-corrected chi connectivity index (χ2v) is 7.58. The van der Waals surface area contributed by atoms with E-state index in [0.717, 1.165) is 25.7 Å². The molecule has 0 atom stereocenters. The number of hydrogen-bond acceptors (Lipinski definition) is 3. The highest BCUT2D eigenvalue weighted by molar-refractivity contribution is 5.69. The lowest BCUT2D eigenvalue weighted by Crippen LogP contribution is -2.59. The quantitative estimate of drug-likeness (QED) is 0.562. The summed E-state index contributed by atoms with van der Waals surface area (Å²) in [5.41, 5.74) is 0.0711. The summed E-state index contributed by atoms with van der Waals surface area (Å²) in [5, 5.41) is 3.61. The lowest BCUT2D eigenvalue weighted by Gasteiger charge is -2.45. The Morgan fingerprint density at radius 2 is 1.60 bits per heavy atom. The van der Waals surface area contributed by atoms with E-state index < -0.39 is 0 Å². The van der Waals surface area contributed by atoms with Gasteiger partial charge in [0.15, 0.2) is 0 Å². The first-order valence-corrected chi connectivity index (χ1v) is 8.23. The molecule has 0 aromatic carbocycles. The van der Waals surface area contributed by atoms with Crippen LogP contribution in [0.4, 0.5) is 0 Å². The van der Waals surface area contributed by atoms with E-state index in [4.69, 9.17) is 4.74 Å². The zero-order valence-corrected chi connectivity index (χ0v) is 14.1. The van der Waals surface area contributed by atoms with Crippen molar-refractivity contribution in [3.8, 4) is 0 Å². The molecule has 0 aliphatic carbocycles. The fraction of sp³-hybridized carbons (Fsp3) is 0.941. The van der Waals surface area contributed by atoms with E-state index in [0.29, 0.717) is 6.42 Å². The second kappa shape index (κ2) is 7.44. The smallest absolute Gasteiger partial charge is 0.306 e. The molecule has 0 saturated carbocycles. The summed E-state index contributed by atoms with van der Waals surface area (Å²) >= 11 is 0. The summed E-state index contributed by atoms with van der Waals surface area (Å²) in [6.07, 6.45) is 8.30. The van der Waals surface area contributed by atoms with Gasteiger partial charge in [0.05, 0.1) is 0 Å². The number of carbonyl (C=O) groups is 1. The molecular weight excluding hydrogens is 250 g/mol. The van der Waals surface area contributed by atoms with Gasteiger partial charge < -0.3 is 10.1 Å². The Morgan fingerprint density at radius 3 is 2.15 bits per heavy atom. The van der Waals surface area contributed by atoms with Crippen LogP contribution >= 0.6 is 0 Å². The monoisotopic (exact) mass is 283 g/mol. The summed E-state index contributed by atoms with van der Waals surface area (Å²) in [5.74, 6) is -0.0139. The predicted molar refractivity (Wildman–Crippen MR) is 83.8 cm³/mol. The molecule has 118 valence electrons. The third kappa shape index (κ3) is 6.74. The number of unbranched alkanes of at least 4 members (excludes halogenated alkanes) is 4. The largest absolute Gasteiger partial charge is 0.462 e. The maximum absolute atomic E-state index is 11.9. The van der Waals surface area contributed by atoms with Crippen LogP contribution in [-0.2, 0) is 9.53 Å².